The van der Waals surface area contributed by atoms with Crippen molar-refractivity contribution in [2.45, 2.75) is 45.4 Å². The van der Waals surface area contributed by atoms with Crippen LogP contribution in [0.5, 0.6) is 0 Å². The minimum Gasteiger partial charge on any atom is -0.444 e. The predicted molar refractivity (Wildman–Crippen MR) is 103 cm³/mol. The highest BCUT2D eigenvalue weighted by Gasteiger charge is 2.20. The number of aromatic nitrogens is 3. The lowest BCUT2D eigenvalue weighted by molar-refractivity contribution is 0.0500. The summed E-state index contributed by atoms with van der Waals surface area (Å²) in [7, 11) is 0. The molecule has 1 amide bonds. The summed E-state index contributed by atoms with van der Waals surface area (Å²) in [6.07, 6.45) is 5.29. The van der Waals surface area contributed by atoms with E-state index in [4.69, 9.17) is 16.3 Å². The Hall–Kier alpha value is -1.35. The van der Waals surface area contributed by atoms with Gasteiger partial charge in [-0.05, 0) is 49.8 Å². The molecule has 24 heavy (non-hydrogen) atoms. The van der Waals surface area contributed by atoms with Crippen molar-refractivity contribution in [2.75, 3.05) is 0 Å². The Morgan fingerprint density at radius 3 is 2.88 bits per heavy atom. The standard InChI is InChI=1S/C16H20ClIN4O2/c1-5-6-10(21-15(23)24-16(2,3)4)7-22-8-11(18)12-13(17)19-9-20-14(12)22/h5,8-10H,1,6-7H2,2-4H3,(H,21,23)/t10-/m1/s1. The Labute approximate surface area is 159 Å². The number of fused-ring (bicyclic) bond motifs is 1. The summed E-state index contributed by atoms with van der Waals surface area (Å²) in [5, 5.41) is 4.11. The number of halogens is 2. The van der Waals surface area contributed by atoms with E-state index in [9.17, 15) is 4.79 Å². The van der Waals surface area contributed by atoms with Gasteiger partial charge in [-0.3, -0.25) is 0 Å². The molecule has 2 rings (SSSR count). The number of ether oxygens (including phenoxy) is 1. The third-order valence-corrected chi connectivity index (χ3v) is 4.25. The number of nitrogens with zero attached hydrogens (tertiary/aromatic N) is 3. The number of nitrogens with one attached hydrogen (secondary N) is 1. The highest BCUT2D eigenvalue weighted by atomic mass is 127. The Morgan fingerprint density at radius 1 is 1.54 bits per heavy atom. The maximum atomic E-state index is 12.0. The van der Waals surface area contributed by atoms with Crippen molar-refractivity contribution >= 4 is 51.3 Å². The lowest BCUT2D eigenvalue weighted by Gasteiger charge is -2.23. The van der Waals surface area contributed by atoms with Crippen LogP contribution in [-0.4, -0.2) is 32.3 Å². The van der Waals surface area contributed by atoms with Gasteiger partial charge in [0.05, 0.1) is 11.4 Å². The molecule has 0 aliphatic heterocycles. The predicted octanol–water partition coefficient (Wildman–Crippen LogP) is 4.16. The topological polar surface area (TPSA) is 69.0 Å². The van der Waals surface area contributed by atoms with E-state index in [1.807, 2.05) is 31.5 Å². The van der Waals surface area contributed by atoms with Gasteiger partial charge in [0.1, 0.15) is 22.7 Å². The molecule has 0 aliphatic rings. The van der Waals surface area contributed by atoms with Gasteiger partial charge in [-0.15, -0.1) is 6.58 Å². The molecule has 0 unspecified atom stereocenters. The Kier molecular flexibility index (Phi) is 6.08. The zero-order valence-electron chi connectivity index (χ0n) is 13.8. The van der Waals surface area contributed by atoms with Gasteiger partial charge < -0.3 is 14.6 Å². The zero-order chi connectivity index (χ0) is 17.9. The second kappa shape index (κ2) is 7.69. The monoisotopic (exact) mass is 462 g/mol. The quantitative estimate of drug-likeness (QED) is 0.412. The molecule has 0 radical (unpaired) electrons. The van der Waals surface area contributed by atoms with Crippen LogP contribution in [0.1, 0.15) is 27.2 Å². The first kappa shape index (κ1) is 19.0. The fraction of sp³-hybridized carbons (Fsp3) is 0.438. The van der Waals surface area contributed by atoms with Crippen molar-refractivity contribution in [3.63, 3.8) is 0 Å². The normalized spacial score (nSPS) is 12.9. The molecule has 0 spiro atoms. The van der Waals surface area contributed by atoms with Gasteiger partial charge in [-0.25, -0.2) is 14.8 Å². The van der Waals surface area contributed by atoms with Crippen LogP contribution in [0.3, 0.4) is 0 Å². The van der Waals surface area contributed by atoms with Crippen molar-refractivity contribution in [2.24, 2.45) is 0 Å². The van der Waals surface area contributed by atoms with E-state index in [-0.39, 0.29) is 6.04 Å². The second-order valence-electron chi connectivity index (χ2n) is 6.36. The van der Waals surface area contributed by atoms with E-state index in [1.54, 1.807) is 6.08 Å². The van der Waals surface area contributed by atoms with Crippen LogP contribution in [0.15, 0.2) is 25.2 Å². The maximum absolute atomic E-state index is 12.0. The van der Waals surface area contributed by atoms with Crippen LogP contribution >= 0.6 is 34.2 Å². The highest BCUT2D eigenvalue weighted by Crippen LogP contribution is 2.27. The van der Waals surface area contributed by atoms with E-state index in [2.05, 4.69) is 44.5 Å². The summed E-state index contributed by atoms with van der Waals surface area (Å²) < 4.78 is 8.24. The van der Waals surface area contributed by atoms with Crippen LogP contribution in [0.4, 0.5) is 4.79 Å². The van der Waals surface area contributed by atoms with Crippen molar-refractivity contribution < 1.29 is 9.53 Å². The van der Waals surface area contributed by atoms with Crippen LogP contribution in [0.25, 0.3) is 11.0 Å². The van der Waals surface area contributed by atoms with Gasteiger partial charge >= 0.3 is 6.09 Å². The molecule has 2 heterocycles. The second-order valence-corrected chi connectivity index (χ2v) is 7.88. The van der Waals surface area contributed by atoms with Crippen LogP contribution in [0, 0.1) is 3.57 Å². The number of carbonyl (C=O) groups is 1. The fourth-order valence-electron chi connectivity index (χ4n) is 2.27. The van der Waals surface area contributed by atoms with Gasteiger partial charge in [0.15, 0.2) is 0 Å². The largest absolute Gasteiger partial charge is 0.444 e. The molecule has 8 heteroatoms. The summed E-state index contributed by atoms with van der Waals surface area (Å²) in [4.78, 5) is 20.4. The third kappa shape index (κ3) is 4.83. The average Bonchev–Trinajstić information content (AvgIpc) is 2.74. The van der Waals surface area contributed by atoms with E-state index in [0.717, 1.165) is 14.6 Å². The molecule has 130 valence electrons. The van der Waals surface area contributed by atoms with Gasteiger partial charge in [-0.2, -0.15) is 0 Å². The summed E-state index contributed by atoms with van der Waals surface area (Å²) in [6, 6.07) is -0.169. The van der Waals surface area contributed by atoms with Crippen molar-refractivity contribution in [3.05, 3.63) is 33.9 Å². The lowest BCUT2D eigenvalue weighted by Crippen LogP contribution is -2.41. The number of amides is 1. The number of alkyl carbamates (subject to hydrolysis) is 1. The van der Waals surface area contributed by atoms with E-state index in [0.29, 0.717) is 18.1 Å². The maximum Gasteiger partial charge on any atom is 0.407 e. The molecule has 0 bridgehead atoms. The third-order valence-electron chi connectivity index (χ3n) is 3.15. The SMILES string of the molecule is C=CC[C@H](Cn1cc(I)c2c(Cl)ncnc21)NC(=O)OC(C)(C)C. The van der Waals surface area contributed by atoms with E-state index < -0.39 is 11.7 Å². The molecule has 0 aliphatic carbocycles. The van der Waals surface area contributed by atoms with Gasteiger partial charge in [0.2, 0.25) is 0 Å². The first-order valence-corrected chi connectivity index (χ1v) is 8.92. The van der Waals surface area contributed by atoms with Crippen LogP contribution in [-0.2, 0) is 11.3 Å². The minimum absolute atomic E-state index is 0.169. The number of carbonyl (C=O) groups excluding carboxylic acids is 1. The zero-order valence-corrected chi connectivity index (χ0v) is 16.8. The Balaban J connectivity index is 2.21. The highest BCUT2D eigenvalue weighted by molar-refractivity contribution is 14.1. The molecule has 1 N–H and O–H groups in total. The molecular formula is C16H20ClIN4O2. The fourth-order valence-corrected chi connectivity index (χ4v) is 3.49. The van der Waals surface area contributed by atoms with Crippen molar-refractivity contribution in [1.82, 2.24) is 19.9 Å². The number of hydrogen-bond donors (Lipinski definition) is 1. The van der Waals surface area contributed by atoms with Gasteiger partial charge in [0.25, 0.3) is 0 Å². The molecule has 0 fully saturated rings. The number of rotatable bonds is 5. The van der Waals surface area contributed by atoms with Crippen LogP contribution < -0.4 is 5.32 Å². The Bertz CT molecular complexity index is 754. The van der Waals surface area contributed by atoms with Gasteiger partial charge in [-0.1, -0.05) is 17.7 Å². The van der Waals surface area contributed by atoms with Crippen LogP contribution in [0.2, 0.25) is 5.15 Å². The molecule has 6 nitrogen and oxygen atoms in total. The van der Waals surface area contributed by atoms with Crippen molar-refractivity contribution in [3.8, 4) is 0 Å². The van der Waals surface area contributed by atoms with E-state index >= 15 is 0 Å². The first-order valence-electron chi connectivity index (χ1n) is 7.46. The van der Waals surface area contributed by atoms with Gasteiger partial charge in [0, 0.05) is 16.3 Å². The summed E-state index contributed by atoms with van der Waals surface area (Å²) in [5.41, 5.74) is 0.193. The molecule has 0 saturated carbocycles. The summed E-state index contributed by atoms with van der Waals surface area (Å²) >= 11 is 8.35. The molecule has 1 atom stereocenters. The molecular weight excluding hydrogens is 443 g/mol. The molecule has 0 aromatic carbocycles. The summed E-state index contributed by atoms with van der Waals surface area (Å²) in [5.74, 6) is 0. The minimum atomic E-state index is -0.543. The van der Waals surface area contributed by atoms with Crippen molar-refractivity contribution in [1.29, 1.82) is 0 Å². The smallest absolute Gasteiger partial charge is 0.407 e. The Morgan fingerprint density at radius 2 is 2.25 bits per heavy atom. The summed E-state index contributed by atoms with van der Waals surface area (Å²) in [6.45, 7) is 9.77. The lowest BCUT2D eigenvalue weighted by atomic mass is 10.2. The van der Waals surface area contributed by atoms with E-state index in [1.165, 1.54) is 6.33 Å². The first-order chi connectivity index (χ1) is 11.2. The molecule has 0 saturated heterocycles. The number of hydrogen-bond acceptors (Lipinski definition) is 4. The molecule has 2 aromatic rings. The average molecular weight is 463 g/mol. The molecule has 2 aromatic heterocycles.